The number of rotatable bonds is 5. The van der Waals surface area contributed by atoms with E-state index < -0.39 is 5.54 Å². The molecule has 78 valence electrons. The molecule has 3 N–H and O–H groups in total. The van der Waals surface area contributed by atoms with Gasteiger partial charge < -0.3 is 15.7 Å². The minimum absolute atomic E-state index is 0.0613. The summed E-state index contributed by atoms with van der Waals surface area (Å²) in [5.41, 5.74) is -0.545. The highest BCUT2D eigenvalue weighted by Gasteiger charge is 2.18. The third-order valence-electron chi connectivity index (χ3n) is 1.66. The van der Waals surface area contributed by atoms with Gasteiger partial charge in [0.15, 0.2) is 0 Å². The summed E-state index contributed by atoms with van der Waals surface area (Å²) >= 11 is 0. The largest absolute Gasteiger partial charge is 0.394 e. The third kappa shape index (κ3) is 6.40. The molecule has 0 aromatic rings. The van der Waals surface area contributed by atoms with E-state index in [1.165, 1.54) is 0 Å². The number of amides is 2. The molecular weight excluding hydrogens is 168 g/mol. The van der Waals surface area contributed by atoms with E-state index >= 15 is 0 Å². The Morgan fingerprint density at radius 3 is 2.54 bits per heavy atom. The number of carbonyl (C=O) groups is 1. The van der Waals surface area contributed by atoms with E-state index in [2.05, 4.69) is 17.6 Å². The topological polar surface area (TPSA) is 61.4 Å². The lowest BCUT2D eigenvalue weighted by molar-refractivity contribution is 0.182. The van der Waals surface area contributed by atoms with Gasteiger partial charge in [-0.15, -0.1) is 0 Å². The van der Waals surface area contributed by atoms with Gasteiger partial charge in [0, 0.05) is 6.54 Å². The Kier molecular flexibility index (Phi) is 5.46. The van der Waals surface area contributed by atoms with Crippen LogP contribution in [0, 0.1) is 0 Å². The highest BCUT2D eigenvalue weighted by Crippen LogP contribution is 1.98. The van der Waals surface area contributed by atoms with Gasteiger partial charge in [-0.1, -0.05) is 13.3 Å². The van der Waals surface area contributed by atoms with Gasteiger partial charge in [-0.2, -0.15) is 0 Å². The van der Waals surface area contributed by atoms with Gasteiger partial charge in [0.1, 0.15) is 0 Å². The van der Waals surface area contributed by atoms with Gasteiger partial charge in [0.2, 0.25) is 0 Å². The van der Waals surface area contributed by atoms with E-state index in [1.54, 1.807) is 13.8 Å². The summed E-state index contributed by atoms with van der Waals surface area (Å²) in [6.07, 6.45) is 2.04. The van der Waals surface area contributed by atoms with Crippen molar-refractivity contribution < 1.29 is 9.90 Å². The summed E-state index contributed by atoms with van der Waals surface area (Å²) in [7, 11) is 0. The lowest BCUT2D eigenvalue weighted by atomic mass is 10.1. The summed E-state index contributed by atoms with van der Waals surface area (Å²) in [4.78, 5) is 11.2. The van der Waals surface area contributed by atoms with Crippen LogP contribution in [0.4, 0.5) is 4.79 Å². The number of unbranched alkanes of at least 4 members (excludes halogenated alkanes) is 1. The molecule has 0 aromatic carbocycles. The molecule has 0 spiro atoms. The maximum atomic E-state index is 11.2. The van der Waals surface area contributed by atoms with Crippen molar-refractivity contribution in [2.45, 2.75) is 39.2 Å². The zero-order chi connectivity index (χ0) is 10.3. The van der Waals surface area contributed by atoms with Crippen molar-refractivity contribution in [3.8, 4) is 0 Å². The predicted molar refractivity (Wildman–Crippen MR) is 52.6 cm³/mol. The molecule has 0 atom stereocenters. The Hall–Kier alpha value is -0.770. The second-order valence-electron chi connectivity index (χ2n) is 3.78. The normalized spacial score (nSPS) is 11.1. The summed E-state index contributed by atoms with van der Waals surface area (Å²) < 4.78 is 0. The molecule has 0 fully saturated rings. The van der Waals surface area contributed by atoms with Crippen LogP contribution >= 0.6 is 0 Å². The molecule has 0 saturated heterocycles. The van der Waals surface area contributed by atoms with Crippen LogP contribution in [0.15, 0.2) is 0 Å². The smallest absolute Gasteiger partial charge is 0.315 e. The molecule has 0 heterocycles. The summed E-state index contributed by atoms with van der Waals surface area (Å²) in [6, 6.07) is -0.215. The Morgan fingerprint density at radius 1 is 1.46 bits per heavy atom. The molecule has 0 aliphatic rings. The number of hydrogen-bond acceptors (Lipinski definition) is 2. The fraction of sp³-hybridized carbons (Fsp3) is 0.889. The Bertz CT molecular complexity index is 158. The Balaban J connectivity index is 3.62. The van der Waals surface area contributed by atoms with Crippen molar-refractivity contribution >= 4 is 6.03 Å². The number of nitrogens with one attached hydrogen (secondary N) is 2. The number of urea groups is 1. The molecule has 2 amide bonds. The number of aliphatic hydroxyl groups excluding tert-OH is 1. The lowest BCUT2D eigenvalue weighted by Crippen LogP contribution is -2.50. The average molecular weight is 188 g/mol. The van der Waals surface area contributed by atoms with Gasteiger partial charge in [0.05, 0.1) is 12.1 Å². The molecule has 0 aromatic heterocycles. The summed E-state index contributed by atoms with van der Waals surface area (Å²) in [5.74, 6) is 0. The fourth-order valence-electron chi connectivity index (χ4n) is 0.770. The van der Waals surface area contributed by atoms with Crippen LogP contribution in [-0.4, -0.2) is 29.8 Å². The highest BCUT2D eigenvalue weighted by atomic mass is 16.3. The molecule has 0 saturated carbocycles. The second-order valence-corrected chi connectivity index (χ2v) is 3.78. The zero-order valence-electron chi connectivity index (χ0n) is 8.68. The van der Waals surface area contributed by atoms with Gasteiger partial charge in [-0.3, -0.25) is 0 Å². The van der Waals surface area contributed by atoms with Crippen LogP contribution in [0.5, 0.6) is 0 Å². The average Bonchev–Trinajstić information content (AvgIpc) is 2.04. The molecule has 0 radical (unpaired) electrons. The van der Waals surface area contributed by atoms with E-state index in [1.807, 2.05) is 0 Å². The molecule has 0 bridgehead atoms. The maximum Gasteiger partial charge on any atom is 0.315 e. The van der Waals surface area contributed by atoms with Crippen molar-refractivity contribution in [2.24, 2.45) is 0 Å². The van der Waals surface area contributed by atoms with Crippen molar-refractivity contribution in [3.63, 3.8) is 0 Å². The quantitative estimate of drug-likeness (QED) is 0.560. The van der Waals surface area contributed by atoms with Crippen LogP contribution < -0.4 is 10.6 Å². The van der Waals surface area contributed by atoms with E-state index in [4.69, 9.17) is 5.11 Å². The summed E-state index contributed by atoms with van der Waals surface area (Å²) in [6.45, 7) is 6.23. The Morgan fingerprint density at radius 2 is 2.08 bits per heavy atom. The van der Waals surface area contributed by atoms with E-state index in [9.17, 15) is 4.79 Å². The molecule has 0 aliphatic heterocycles. The molecule has 4 nitrogen and oxygen atoms in total. The second kappa shape index (κ2) is 5.80. The van der Waals surface area contributed by atoms with E-state index in [-0.39, 0.29) is 12.6 Å². The monoisotopic (exact) mass is 188 g/mol. The van der Waals surface area contributed by atoms with Crippen LogP contribution in [0.2, 0.25) is 0 Å². The molecule has 0 rings (SSSR count). The molecule has 4 heteroatoms. The van der Waals surface area contributed by atoms with Gasteiger partial charge >= 0.3 is 6.03 Å². The molecule has 0 unspecified atom stereocenters. The minimum Gasteiger partial charge on any atom is -0.394 e. The zero-order valence-corrected chi connectivity index (χ0v) is 8.68. The van der Waals surface area contributed by atoms with Crippen LogP contribution in [-0.2, 0) is 0 Å². The third-order valence-corrected chi connectivity index (χ3v) is 1.66. The number of carbonyl (C=O) groups excluding carboxylic acids is 1. The molecular formula is C9H20N2O2. The summed E-state index contributed by atoms with van der Waals surface area (Å²) in [5, 5.41) is 14.2. The predicted octanol–water partition coefficient (Wildman–Crippen LogP) is 0.857. The van der Waals surface area contributed by atoms with Crippen LogP contribution in [0.25, 0.3) is 0 Å². The van der Waals surface area contributed by atoms with Gasteiger partial charge in [-0.05, 0) is 20.3 Å². The van der Waals surface area contributed by atoms with Crippen molar-refractivity contribution in [1.29, 1.82) is 0 Å². The standard InChI is InChI=1S/C9H20N2O2/c1-4-5-6-10-8(13)11-9(2,3)7-12/h12H,4-7H2,1-3H3,(H2,10,11,13). The first-order chi connectivity index (χ1) is 6.02. The fourth-order valence-corrected chi connectivity index (χ4v) is 0.770. The van der Waals surface area contributed by atoms with Gasteiger partial charge in [0.25, 0.3) is 0 Å². The van der Waals surface area contributed by atoms with Crippen LogP contribution in [0.3, 0.4) is 0 Å². The van der Waals surface area contributed by atoms with E-state index in [0.29, 0.717) is 6.54 Å². The maximum absolute atomic E-state index is 11.2. The molecule has 0 aliphatic carbocycles. The van der Waals surface area contributed by atoms with Crippen LogP contribution in [0.1, 0.15) is 33.6 Å². The lowest BCUT2D eigenvalue weighted by Gasteiger charge is -2.23. The SMILES string of the molecule is CCCCNC(=O)NC(C)(C)CO. The first kappa shape index (κ1) is 12.2. The van der Waals surface area contributed by atoms with Crippen molar-refractivity contribution in [1.82, 2.24) is 10.6 Å². The highest BCUT2D eigenvalue weighted by molar-refractivity contribution is 5.74. The number of hydrogen-bond donors (Lipinski definition) is 3. The van der Waals surface area contributed by atoms with Crippen molar-refractivity contribution in [2.75, 3.05) is 13.2 Å². The first-order valence-corrected chi connectivity index (χ1v) is 4.68. The minimum atomic E-state index is -0.545. The number of aliphatic hydroxyl groups is 1. The van der Waals surface area contributed by atoms with Gasteiger partial charge in [-0.25, -0.2) is 4.79 Å². The molecule has 13 heavy (non-hydrogen) atoms. The van der Waals surface area contributed by atoms with E-state index in [0.717, 1.165) is 12.8 Å². The Labute approximate surface area is 79.7 Å². The first-order valence-electron chi connectivity index (χ1n) is 4.68. The van der Waals surface area contributed by atoms with Crippen molar-refractivity contribution in [3.05, 3.63) is 0 Å².